The third kappa shape index (κ3) is 5.04. The molecule has 0 bridgehead atoms. The maximum atomic E-state index is 13.4. The van der Waals surface area contributed by atoms with Crippen molar-refractivity contribution in [1.29, 1.82) is 0 Å². The SMILES string of the molecule is CCOC(=O)c1sc(N(Cc2ccc(F)cc2)C(=O)Cn2c(=O)[nH]c3ccccc3c2=O)nc1C. The molecule has 4 rings (SSSR count). The fourth-order valence-corrected chi connectivity index (χ4v) is 4.46. The molecule has 0 aliphatic rings. The second-order valence-electron chi connectivity index (χ2n) is 7.60. The minimum atomic E-state index is -0.730. The van der Waals surface area contributed by atoms with Crippen molar-refractivity contribution >= 4 is 39.2 Å². The molecule has 0 spiro atoms. The molecular weight excluding hydrogens is 475 g/mol. The van der Waals surface area contributed by atoms with Gasteiger partial charge in [-0.05, 0) is 43.7 Å². The topological polar surface area (TPSA) is 114 Å². The summed E-state index contributed by atoms with van der Waals surface area (Å²) in [5.74, 6) is -1.61. The van der Waals surface area contributed by atoms with Gasteiger partial charge in [0.25, 0.3) is 5.56 Å². The lowest BCUT2D eigenvalue weighted by molar-refractivity contribution is -0.119. The normalized spacial score (nSPS) is 10.9. The number of para-hydroxylation sites is 1. The second-order valence-corrected chi connectivity index (χ2v) is 8.58. The molecule has 1 N–H and O–H groups in total. The van der Waals surface area contributed by atoms with Gasteiger partial charge in [-0.2, -0.15) is 0 Å². The number of ether oxygens (including phenoxy) is 1. The predicted molar refractivity (Wildman–Crippen MR) is 129 cm³/mol. The van der Waals surface area contributed by atoms with Gasteiger partial charge < -0.3 is 9.72 Å². The molecule has 0 radical (unpaired) electrons. The Hall–Kier alpha value is -4.12. The number of hydrogen-bond donors (Lipinski definition) is 1. The van der Waals surface area contributed by atoms with Gasteiger partial charge in [-0.1, -0.05) is 35.6 Å². The van der Waals surface area contributed by atoms with E-state index in [4.69, 9.17) is 4.74 Å². The van der Waals surface area contributed by atoms with E-state index in [1.165, 1.54) is 29.2 Å². The Balaban J connectivity index is 1.73. The molecule has 1 amide bonds. The molecule has 2 heterocycles. The molecule has 0 saturated carbocycles. The monoisotopic (exact) mass is 496 g/mol. The number of anilines is 1. The number of hydrogen-bond acceptors (Lipinski definition) is 7. The number of nitrogens with zero attached hydrogens (tertiary/aromatic N) is 3. The molecule has 4 aromatic rings. The Morgan fingerprint density at radius 3 is 2.57 bits per heavy atom. The summed E-state index contributed by atoms with van der Waals surface area (Å²) in [6.45, 7) is 2.89. The number of thiazole rings is 1. The number of fused-ring (bicyclic) bond motifs is 1. The Morgan fingerprint density at radius 2 is 1.86 bits per heavy atom. The molecule has 0 unspecified atom stereocenters. The molecule has 0 aliphatic heterocycles. The van der Waals surface area contributed by atoms with E-state index in [2.05, 4.69) is 9.97 Å². The minimum Gasteiger partial charge on any atom is -0.462 e. The van der Waals surface area contributed by atoms with E-state index in [0.29, 0.717) is 16.8 Å². The Morgan fingerprint density at radius 1 is 1.14 bits per heavy atom. The van der Waals surface area contributed by atoms with Crippen LogP contribution in [0.15, 0.2) is 58.1 Å². The Bertz CT molecular complexity index is 1520. The number of aromatic amines is 1. The lowest BCUT2D eigenvalue weighted by Crippen LogP contribution is -2.42. The fraction of sp³-hybridized carbons (Fsp3) is 0.208. The maximum Gasteiger partial charge on any atom is 0.350 e. The van der Waals surface area contributed by atoms with Crippen molar-refractivity contribution in [2.45, 2.75) is 26.9 Å². The molecule has 2 aromatic carbocycles. The molecule has 35 heavy (non-hydrogen) atoms. The Labute approximate surface area is 202 Å². The number of H-pyrrole nitrogens is 1. The van der Waals surface area contributed by atoms with Crippen LogP contribution in [0.25, 0.3) is 10.9 Å². The van der Waals surface area contributed by atoms with Gasteiger partial charge in [-0.25, -0.2) is 19.0 Å². The number of halogens is 1. The summed E-state index contributed by atoms with van der Waals surface area (Å²) in [4.78, 5) is 59.7. The first-order valence-electron chi connectivity index (χ1n) is 10.7. The quantitative estimate of drug-likeness (QED) is 0.394. The summed E-state index contributed by atoms with van der Waals surface area (Å²) in [6.07, 6.45) is 0. The zero-order valence-electron chi connectivity index (χ0n) is 18.9. The third-order valence-electron chi connectivity index (χ3n) is 5.21. The summed E-state index contributed by atoms with van der Waals surface area (Å²) in [5, 5.41) is 0.449. The average Bonchev–Trinajstić information content (AvgIpc) is 3.22. The molecule has 180 valence electrons. The molecule has 0 saturated heterocycles. The van der Waals surface area contributed by atoms with Crippen LogP contribution < -0.4 is 16.1 Å². The molecule has 0 fully saturated rings. The summed E-state index contributed by atoms with van der Waals surface area (Å²) in [6, 6.07) is 12.0. The van der Waals surface area contributed by atoms with Crippen LogP contribution in [0.3, 0.4) is 0 Å². The first-order valence-corrected chi connectivity index (χ1v) is 11.5. The van der Waals surface area contributed by atoms with Crippen LogP contribution in [0.2, 0.25) is 0 Å². The Kier molecular flexibility index (Phi) is 6.87. The standard InChI is InChI=1S/C24H21FN4O5S/c1-3-34-22(32)20-14(2)26-24(35-20)28(12-15-8-10-16(25)11-9-15)19(30)13-29-21(31)17-6-4-5-7-18(17)27-23(29)33/h4-11H,3,12-13H2,1-2H3,(H,27,33). The van der Waals surface area contributed by atoms with Gasteiger partial charge in [0.15, 0.2) is 5.13 Å². The molecule has 0 aliphatic carbocycles. The van der Waals surface area contributed by atoms with Gasteiger partial charge in [-0.3, -0.25) is 19.1 Å². The van der Waals surface area contributed by atoms with Gasteiger partial charge in [0.05, 0.1) is 29.7 Å². The summed E-state index contributed by atoms with van der Waals surface area (Å²) < 4.78 is 19.3. The number of aryl methyl sites for hydroxylation is 1. The lowest BCUT2D eigenvalue weighted by atomic mass is 10.2. The smallest absolute Gasteiger partial charge is 0.350 e. The summed E-state index contributed by atoms with van der Waals surface area (Å²) in [5.41, 5.74) is -0.0107. The van der Waals surface area contributed by atoms with Gasteiger partial charge >= 0.3 is 11.7 Å². The second kappa shape index (κ2) is 10.0. The van der Waals surface area contributed by atoms with Crippen molar-refractivity contribution in [3.63, 3.8) is 0 Å². The number of rotatable bonds is 7. The van der Waals surface area contributed by atoms with Crippen molar-refractivity contribution in [3.05, 3.63) is 91.3 Å². The zero-order valence-corrected chi connectivity index (χ0v) is 19.7. The predicted octanol–water partition coefficient (Wildman–Crippen LogP) is 3.00. The molecule has 11 heteroatoms. The van der Waals surface area contributed by atoms with E-state index in [-0.39, 0.29) is 28.5 Å². The number of carbonyl (C=O) groups is 2. The van der Waals surface area contributed by atoms with Crippen molar-refractivity contribution < 1.29 is 18.7 Å². The van der Waals surface area contributed by atoms with Crippen LogP contribution in [0.1, 0.15) is 27.9 Å². The van der Waals surface area contributed by atoms with Crippen LogP contribution in [0, 0.1) is 12.7 Å². The summed E-state index contributed by atoms with van der Waals surface area (Å²) in [7, 11) is 0. The highest BCUT2D eigenvalue weighted by Crippen LogP contribution is 2.28. The third-order valence-corrected chi connectivity index (χ3v) is 6.38. The van der Waals surface area contributed by atoms with E-state index in [9.17, 15) is 23.6 Å². The number of carbonyl (C=O) groups excluding carboxylic acids is 2. The minimum absolute atomic E-state index is 0.0193. The highest BCUT2D eigenvalue weighted by molar-refractivity contribution is 7.17. The molecular formula is C24H21FN4O5S. The van der Waals surface area contributed by atoms with Gasteiger partial charge in [0, 0.05) is 0 Å². The number of aromatic nitrogens is 3. The maximum absolute atomic E-state index is 13.4. The van der Waals surface area contributed by atoms with Crippen LogP contribution in [0.5, 0.6) is 0 Å². The number of amides is 1. The molecule has 0 atom stereocenters. The van der Waals surface area contributed by atoms with Gasteiger partial charge in [0.1, 0.15) is 17.2 Å². The van der Waals surface area contributed by atoms with Crippen LogP contribution in [-0.2, 0) is 22.6 Å². The highest BCUT2D eigenvalue weighted by Gasteiger charge is 2.25. The number of esters is 1. The van der Waals surface area contributed by atoms with Gasteiger partial charge in [-0.15, -0.1) is 0 Å². The number of nitrogens with one attached hydrogen (secondary N) is 1. The first-order chi connectivity index (χ1) is 16.8. The van der Waals surface area contributed by atoms with Crippen molar-refractivity contribution in [2.24, 2.45) is 0 Å². The lowest BCUT2D eigenvalue weighted by Gasteiger charge is -2.20. The van der Waals surface area contributed by atoms with E-state index in [0.717, 1.165) is 15.9 Å². The zero-order chi connectivity index (χ0) is 25.1. The van der Waals surface area contributed by atoms with Crippen molar-refractivity contribution in [2.75, 3.05) is 11.5 Å². The van der Waals surface area contributed by atoms with E-state index in [1.54, 1.807) is 38.1 Å². The van der Waals surface area contributed by atoms with Crippen molar-refractivity contribution in [1.82, 2.24) is 14.5 Å². The van der Waals surface area contributed by atoms with E-state index < -0.39 is 35.5 Å². The largest absolute Gasteiger partial charge is 0.462 e. The van der Waals surface area contributed by atoms with Crippen LogP contribution in [0.4, 0.5) is 9.52 Å². The molecule has 9 nitrogen and oxygen atoms in total. The first kappa shape index (κ1) is 24.0. The highest BCUT2D eigenvalue weighted by atomic mass is 32.1. The summed E-state index contributed by atoms with van der Waals surface area (Å²) >= 11 is 0.960. The van der Waals surface area contributed by atoms with E-state index >= 15 is 0 Å². The number of benzene rings is 2. The van der Waals surface area contributed by atoms with E-state index in [1.807, 2.05) is 0 Å². The molecule has 2 aromatic heterocycles. The van der Waals surface area contributed by atoms with Crippen LogP contribution in [-0.4, -0.2) is 33.0 Å². The fourth-order valence-electron chi connectivity index (χ4n) is 3.48. The average molecular weight is 497 g/mol. The van der Waals surface area contributed by atoms with Crippen molar-refractivity contribution in [3.8, 4) is 0 Å². The van der Waals surface area contributed by atoms with Crippen LogP contribution >= 0.6 is 11.3 Å². The van der Waals surface area contributed by atoms with Gasteiger partial charge in [0.2, 0.25) is 5.91 Å².